The Balaban J connectivity index is 1.70. The number of rotatable bonds is 5. The van der Waals surface area contributed by atoms with Gasteiger partial charge in [0.15, 0.2) is 11.6 Å². The number of hydrogen-bond acceptors (Lipinski definition) is 2. The van der Waals surface area contributed by atoms with E-state index in [1.54, 1.807) is 12.1 Å². The molecule has 0 aliphatic heterocycles. The molecule has 3 rings (SSSR count). The number of ether oxygens (including phenoxy) is 1. The lowest BCUT2D eigenvalue weighted by Gasteiger charge is -2.09. The van der Waals surface area contributed by atoms with E-state index in [1.807, 2.05) is 24.3 Å². The Labute approximate surface area is 126 Å². The minimum absolute atomic E-state index is 0.237. The molecule has 4 heteroatoms. The third-order valence-corrected chi connectivity index (χ3v) is 3.69. The Bertz CT molecular complexity index is 613. The summed E-state index contributed by atoms with van der Waals surface area (Å²) in [5.41, 5.74) is 1.15. The third kappa shape index (κ3) is 3.58. The molecule has 0 atom stereocenters. The number of halogens is 2. The van der Waals surface area contributed by atoms with Crippen LogP contribution in [0.1, 0.15) is 18.4 Å². The maximum atomic E-state index is 13.7. The van der Waals surface area contributed by atoms with Crippen molar-refractivity contribution >= 4 is 15.9 Å². The van der Waals surface area contributed by atoms with Gasteiger partial charge < -0.3 is 10.1 Å². The molecule has 0 amide bonds. The zero-order valence-corrected chi connectivity index (χ0v) is 12.5. The number of nitrogens with one attached hydrogen (secondary N) is 1. The first-order valence-corrected chi connectivity index (χ1v) is 7.45. The fourth-order valence-electron chi connectivity index (χ4n) is 1.95. The van der Waals surface area contributed by atoms with E-state index in [-0.39, 0.29) is 11.6 Å². The first kappa shape index (κ1) is 13.6. The van der Waals surface area contributed by atoms with Crippen LogP contribution < -0.4 is 10.1 Å². The fourth-order valence-corrected chi connectivity index (χ4v) is 2.29. The van der Waals surface area contributed by atoms with E-state index in [1.165, 1.54) is 18.9 Å². The van der Waals surface area contributed by atoms with Crippen molar-refractivity contribution in [2.24, 2.45) is 0 Å². The van der Waals surface area contributed by atoms with Gasteiger partial charge in [-0.05, 0) is 48.7 Å². The molecule has 0 heterocycles. The summed E-state index contributed by atoms with van der Waals surface area (Å²) in [7, 11) is 0. The van der Waals surface area contributed by atoms with Crippen LogP contribution in [0.15, 0.2) is 46.9 Å². The second-order valence-electron chi connectivity index (χ2n) is 4.98. The summed E-state index contributed by atoms with van der Waals surface area (Å²) in [6, 6.07) is 13.2. The number of hydrogen-bond donors (Lipinski definition) is 1. The van der Waals surface area contributed by atoms with Crippen molar-refractivity contribution in [2.75, 3.05) is 0 Å². The average Bonchev–Trinajstić information content (AvgIpc) is 3.24. The van der Waals surface area contributed by atoms with Gasteiger partial charge in [-0.3, -0.25) is 0 Å². The van der Waals surface area contributed by atoms with Crippen molar-refractivity contribution in [2.45, 2.75) is 25.4 Å². The minimum Gasteiger partial charge on any atom is -0.454 e. The lowest BCUT2D eigenvalue weighted by molar-refractivity contribution is 0.441. The van der Waals surface area contributed by atoms with Crippen molar-refractivity contribution in [3.05, 3.63) is 58.3 Å². The highest BCUT2D eigenvalue weighted by Gasteiger charge is 2.19. The molecule has 0 unspecified atom stereocenters. The van der Waals surface area contributed by atoms with Crippen molar-refractivity contribution in [3.63, 3.8) is 0 Å². The molecule has 20 heavy (non-hydrogen) atoms. The minimum atomic E-state index is -0.374. The molecule has 0 aromatic heterocycles. The highest BCUT2D eigenvalue weighted by molar-refractivity contribution is 9.10. The van der Waals surface area contributed by atoms with Crippen molar-refractivity contribution in [1.82, 2.24) is 5.32 Å². The van der Waals surface area contributed by atoms with Crippen molar-refractivity contribution < 1.29 is 9.13 Å². The molecule has 1 N–H and O–H groups in total. The predicted molar refractivity (Wildman–Crippen MR) is 80.5 cm³/mol. The van der Waals surface area contributed by atoms with Crippen molar-refractivity contribution in [1.29, 1.82) is 0 Å². The Morgan fingerprint density at radius 1 is 1.20 bits per heavy atom. The second-order valence-corrected chi connectivity index (χ2v) is 5.90. The summed E-state index contributed by atoms with van der Waals surface area (Å²) in [5, 5.41) is 3.45. The quantitative estimate of drug-likeness (QED) is 0.859. The molecule has 1 saturated carbocycles. The zero-order valence-electron chi connectivity index (χ0n) is 10.9. The monoisotopic (exact) mass is 335 g/mol. The van der Waals surface area contributed by atoms with Crippen LogP contribution in [-0.4, -0.2) is 6.04 Å². The zero-order chi connectivity index (χ0) is 13.9. The van der Waals surface area contributed by atoms with Crippen LogP contribution in [-0.2, 0) is 6.54 Å². The van der Waals surface area contributed by atoms with Gasteiger partial charge in [-0.25, -0.2) is 4.39 Å². The van der Waals surface area contributed by atoms with Gasteiger partial charge in [-0.2, -0.15) is 0 Å². The normalized spacial score (nSPS) is 14.3. The summed E-state index contributed by atoms with van der Waals surface area (Å²) in [6.07, 6.45) is 2.53. The van der Waals surface area contributed by atoms with Gasteiger partial charge in [0.05, 0.1) is 0 Å². The van der Waals surface area contributed by atoms with E-state index in [2.05, 4.69) is 21.2 Å². The van der Waals surface area contributed by atoms with Gasteiger partial charge in [0.25, 0.3) is 0 Å². The third-order valence-electron chi connectivity index (χ3n) is 3.19. The molecular weight excluding hydrogens is 321 g/mol. The largest absolute Gasteiger partial charge is 0.454 e. The van der Waals surface area contributed by atoms with Crippen LogP contribution in [0.2, 0.25) is 0 Å². The Kier molecular flexibility index (Phi) is 4.03. The van der Waals surface area contributed by atoms with Crippen LogP contribution in [0.5, 0.6) is 11.5 Å². The van der Waals surface area contributed by atoms with Gasteiger partial charge >= 0.3 is 0 Å². The lowest BCUT2D eigenvalue weighted by Crippen LogP contribution is -2.15. The van der Waals surface area contributed by atoms with Crippen LogP contribution in [0.25, 0.3) is 0 Å². The second kappa shape index (κ2) is 5.94. The van der Waals surface area contributed by atoms with E-state index in [0.717, 1.165) is 12.1 Å². The topological polar surface area (TPSA) is 21.3 Å². The maximum absolute atomic E-state index is 13.7. The fraction of sp³-hybridized carbons (Fsp3) is 0.250. The van der Waals surface area contributed by atoms with E-state index in [0.29, 0.717) is 16.3 Å². The average molecular weight is 336 g/mol. The summed E-state index contributed by atoms with van der Waals surface area (Å²) in [6.45, 7) is 0.824. The smallest absolute Gasteiger partial charge is 0.166 e. The first-order valence-electron chi connectivity index (χ1n) is 6.66. The Morgan fingerprint density at radius 2 is 2.05 bits per heavy atom. The van der Waals surface area contributed by atoms with Crippen LogP contribution in [0.3, 0.4) is 0 Å². The van der Waals surface area contributed by atoms with Crippen molar-refractivity contribution in [3.8, 4) is 11.5 Å². The van der Waals surface area contributed by atoms with Crippen LogP contribution in [0, 0.1) is 5.82 Å². The van der Waals surface area contributed by atoms with Gasteiger partial charge in [-0.1, -0.05) is 28.1 Å². The maximum Gasteiger partial charge on any atom is 0.166 e. The molecular formula is C16H15BrFNO. The van der Waals surface area contributed by atoms with Gasteiger partial charge in [0.1, 0.15) is 5.75 Å². The SMILES string of the molecule is Fc1cc(Br)ccc1Oc1cccc(CNC2CC2)c1. The van der Waals surface area contributed by atoms with Crippen LogP contribution in [0.4, 0.5) is 4.39 Å². The molecule has 0 radical (unpaired) electrons. The molecule has 1 aliphatic rings. The molecule has 1 aliphatic carbocycles. The molecule has 104 valence electrons. The van der Waals surface area contributed by atoms with Gasteiger partial charge in [-0.15, -0.1) is 0 Å². The highest BCUT2D eigenvalue weighted by atomic mass is 79.9. The van der Waals surface area contributed by atoms with Gasteiger partial charge in [0, 0.05) is 17.1 Å². The molecule has 1 fully saturated rings. The summed E-state index contributed by atoms with van der Waals surface area (Å²) in [5.74, 6) is 0.516. The first-order chi connectivity index (χ1) is 9.70. The van der Waals surface area contributed by atoms with E-state index in [4.69, 9.17) is 4.74 Å². The molecule has 2 aromatic rings. The molecule has 2 aromatic carbocycles. The Morgan fingerprint density at radius 3 is 2.80 bits per heavy atom. The molecule has 0 spiro atoms. The van der Waals surface area contributed by atoms with Gasteiger partial charge in [0.2, 0.25) is 0 Å². The molecule has 0 bridgehead atoms. The van der Waals surface area contributed by atoms with E-state index in [9.17, 15) is 4.39 Å². The number of benzene rings is 2. The van der Waals surface area contributed by atoms with E-state index < -0.39 is 0 Å². The summed E-state index contributed by atoms with van der Waals surface area (Å²) >= 11 is 3.23. The standard InChI is InChI=1S/C16H15BrFNO/c17-12-4-7-16(15(18)9-12)20-14-3-1-2-11(8-14)10-19-13-5-6-13/h1-4,7-9,13,19H,5-6,10H2. The summed E-state index contributed by atoms with van der Waals surface area (Å²) < 4.78 is 20.0. The molecule has 2 nitrogen and oxygen atoms in total. The van der Waals surface area contributed by atoms with E-state index >= 15 is 0 Å². The molecule has 0 saturated heterocycles. The summed E-state index contributed by atoms with van der Waals surface area (Å²) in [4.78, 5) is 0. The Hall–Kier alpha value is -1.39. The van der Waals surface area contributed by atoms with Crippen LogP contribution >= 0.6 is 15.9 Å². The lowest BCUT2D eigenvalue weighted by atomic mass is 10.2. The highest BCUT2D eigenvalue weighted by Crippen LogP contribution is 2.27. The predicted octanol–water partition coefficient (Wildman–Crippen LogP) is 4.63.